The third-order valence-corrected chi connectivity index (χ3v) is 5.05. The Bertz CT molecular complexity index is 1130. The lowest BCUT2D eigenvalue weighted by molar-refractivity contribution is -0.118. The van der Waals surface area contributed by atoms with Crippen LogP contribution in [0.25, 0.3) is 17.1 Å². The molecular formula is C22H18N6OS. The van der Waals surface area contributed by atoms with Crippen molar-refractivity contribution in [2.45, 2.75) is 5.16 Å². The largest absolute Gasteiger partial charge is 0.272 e. The summed E-state index contributed by atoms with van der Waals surface area (Å²) in [6.07, 6.45) is 5.03. The first-order valence-corrected chi connectivity index (χ1v) is 10.2. The van der Waals surface area contributed by atoms with Gasteiger partial charge in [-0.25, -0.2) is 5.43 Å². The predicted octanol–water partition coefficient (Wildman–Crippen LogP) is 3.57. The Kier molecular flexibility index (Phi) is 6.26. The molecule has 0 aliphatic heterocycles. The molecule has 4 rings (SSSR count). The van der Waals surface area contributed by atoms with Crippen LogP contribution in [-0.2, 0) is 4.79 Å². The first-order valence-electron chi connectivity index (χ1n) is 9.22. The molecule has 7 nitrogen and oxygen atoms in total. The van der Waals surface area contributed by atoms with E-state index in [1.54, 1.807) is 18.6 Å². The SMILES string of the molecule is O=C(CSc1nnc(-c2ccncc2)n1-c1ccccc1)N/N=C/c1ccccc1. The van der Waals surface area contributed by atoms with Crippen LogP contribution in [-0.4, -0.2) is 37.6 Å². The zero-order chi connectivity index (χ0) is 20.6. The molecule has 30 heavy (non-hydrogen) atoms. The van der Waals surface area contributed by atoms with Gasteiger partial charge < -0.3 is 0 Å². The molecule has 1 amide bonds. The van der Waals surface area contributed by atoms with E-state index in [1.165, 1.54) is 11.8 Å². The van der Waals surface area contributed by atoms with Crippen molar-refractivity contribution < 1.29 is 4.79 Å². The summed E-state index contributed by atoms with van der Waals surface area (Å²) in [5, 5.41) is 13.3. The van der Waals surface area contributed by atoms with Crippen molar-refractivity contribution >= 4 is 23.9 Å². The van der Waals surface area contributed by atoms with E-state index in [-0.39, 0.29) is 11.7 Å². The zero-order valence-electron chi connectivity index (χ0n) is 15.9. The van der Waals surface area contributed by atoms with Gasteiger partial charge in [-0.1, -0.05) is 60.3 Å². The second kappa shape index (κ2) is 9.62. The number of para-hydroxylation sites is 1. The molecule has 0 saturated heterocycles. The number of carbonyl (C=O) groups is 1. The van der Waals surface area contributed by atoms with Crippen molar-refractivity contribution in [2.75, 3.05) is 5.75 Å². The molecule has 0 fully saturated rings. The quantitative estimate of drug-likeness (QED) is 0.284. The van der Waals surface area contributed by atoms with E-state index < -0.39 is 0 Å². The Hall–Kier alpha value is -3.78. The van der Waals surface area contributed by atoms with Crippen molar-refractivity contribution in [1.82, 2.24) is 25.2 Å². The molecule has 0 radical (unpaired) electrons. The lowest BCUT2D eigenvalue weighted by Crippen LogP contribution is -2.20. The number of amides is 1. The maximum absolute atomic E-state index is 12.2. The normalized spacial score (nSPS) is 10.9. The Balaban J connectivity index is 1.49. The van der Waals surface area contributed by atoms with E-state index in [9.17, 15) is 4.79 Å². The molecule has 0 bridgehead atoms. The molecule has 0 spiro atoms. The minimum absolute atomic E-state index is 0.160. The van der Waals surface area contributed by atoms with Gasteiger partial charge in [0.1, 0.15) is 0 Å². The number of nitrogens with one attached hydrogen (secondary N) is 1. The summed E-state index contributed by atoms with van der Waals surface area (Å²) in [6, 6.07) is 23.1. The molecule has 0 saturated carbocycles. The number of hydrogen-bond donors (Lipinski definition) is 1. The second-order valence-corrected chi connectivity index (χ2v) is 7.15. The van der Waals surface area contributed by atoms with Crippen LogP contribution in [0.4, 0.5) is 0 Å². The summed E-state index contributed by atoms with van der Waals surface area (Å²) >= 11 is 1.30. The highest BCUT2D eigenvalue weighted by Gasteiger charge is 2.17. The lowest BCUT2D eigenvalue weighted by atomic mass is 10.2. The molecular weight excluding hydrogens is 396 g/mol. The summed E-state index contributed by atoms with van der Waals surface area (Å²) in [5.41, 5.74) is 5.27. The minimum atomic E-state index is -0.222. The number of carbonyl (C=O) groups excluding carboxylic acids is 1. The van der Waals surface area contributed by atoms with Crippen molar-refractivity contribution in [3.8, 4) is 17.1 Å². The molecule has 148 valence electrons. The number of hydrogen-bond acceptors (Lipinski definition) is 6. The number of hydrazone groups is 1. The van der Waals surface area contributed by atoms with Crippen LogP contribution in [0.5, 0.6) is 0 Å². The molecule has 0 aliphatic rings. The van der Waals surface area contributed by atoms with E-state index in [0.29, 0.717) is 11.0 Å². The molecule has 0 unspecified atom stereocenters. The fourth-order valence-corrected chi connectivity index (χ4v) is 3.49. The number of aromatic nitrogens is 4. The second-order valence-electron chi connectivity index (χ2n) is 6.21. The number of benzene rings is 2. The average Bonchev–Trinajstić information content (AvgIpc) is 3.23. The van der Waals surface area contributed by atoms with E-state index in [4.69, 9.17) is 0 Å². The summed E-state index contributed by atoms with van der Waals surface area (Å²) in [5.74, 6) is 0.627. The smallest absolute Gasteiger partial charge is 0.250 e. The fraction of sp³-hybridized carbons (Fsp3) is 0.0455. The minimum Gasteiger partial charge on any atom is -0.272 e. The Morgan fingerprint density at radius 3 is 2.40 bits per heavy atom. The van der Waals surface area contributed by atoms with Crippen LogP contribution in [0.1, 0.15) is 5.56 Å². The van der Waals surface area contributed by atoms with Crippen molar-refractivity contribution in [3.05, 3.63) is 90.8 Å². The van der Waals surface area contributed by atoms with Gasteiger partial charge in [-0.3, -0.25) is 14.3 Å². The topological polar surface area (TPSA) is 85.1 Å². The van der Waals surface area contributed by atoms with Gasteiger partial charge in [0.2, 0.25) is 0 Å². The summed E-state index contributed by atoms with van der Waals surface area (Å²) in [6.45, 7) is 0. The molecule has 0 atom stereocenters. The molecule has 2 heterocycles. The van der Waals surface area contributed by atoms with E-state index in [2.05, 4.69) is 25.7 Å². The number of nitrogens with zero attached hydrogens (tertiary/aromatic N) is 5. The number of pyridine rings is 1. The predicted molar refractivity (Wildman–Crippen MR) is 117 cm³/mol. The van der Waals surface area contributed by atoms with Crippen LogP contribution in [0.15, 0.2) is 95.4 Å². The van der Waals surface area contributed by atoms with Gasteiger partial charge in [0, 0.05) is 23.6 Å². The summed E-state index contributed by atoms with van der Waals surface area (Å²) in [4.78, 5) is 16.3. The van der Waals surface area contributed by atoms with Crippen molar-refractivity contribution in [2.24, 2.45) is 5.10 Å². The van der Waals surface area contributed by atoms with Crippen molar-refractivity contribution in [3.63, 3.8) is 0 Å². The third-order valence-electron chi connectivity index (χ3n) is 4.12. The Morgan fingerprint density at radius 2 is 1.67 bits per heavy atom. The monoisotopic (exact) mass is 414 g/mol. The Labute approximate surface area is 177 Å². The van der Waals surface area contributed by atoms with Gasteiger partial charge in [-0.05, 0) is 29.8 Å². The molecule has 8 heteroatoms. The number of rotatable bonds is 7. The fourth-order valence-electron chi connectivity index (χ4n) is 2.74. The molecule has 0 aliphatic carbocycles. The Morgan fingerprint density at radius 1 is 0.967 bits per heavy atom. The highest BCUT2D eigenvalue weighted by atomic mass is 32.2. The average molecular weight is 414 g/mol. The first-order chi connectivity index (χ1) is 14.8. The third kappa shape index (κ3) is 4.79. The summed E-state index contributed by atoms with van der Waals surface area (Å²) in [7, 11) is 0. The maximum atomic E-state index is 12.2. The standard InChI is InChI=1S/C22H18N6OS/c29-20(25-24-15-17-7-3-1-4-8-17)16-30-22-27-26-21(18-11-13-23-14-12-18)28(22)19-9-5-2-6-10-19/h1-15H,16H2,(H,25,29)/b24-15+. The van der Waals surface area contributed by atoms with E-state index in [0.717, 1.165) is 16.8 Å². The van der Waals surface area contributed by atoms with E-state index in [1.807, 2.05) is 77.4 Å². The van der Waals surface area contributed by atoms with Crippen LogP contribution >= 0.6 is 11.8 Å². The van der Waals surface area contributed by atoms with Crippen LogP contribution in [0.3, 0.4) is 0 Å². The van der Waals surface area contributed by atoms with Crippen LogP contribution in [0.2, 0.25) is 0 Å². The van der Waals surface area contributed by atoms with E-state index >= 15 is 0 Å². The molecule has 2 aromatic carbocycles. The van der Waals surface area contributed by atoms with Crippen LogP contribution in [0, 0.1) is 0 Å². The lowest BCUT2D eigenvalue weighted by Gasteiger charge is -2.10. The zero-order valence-corrected chi connectivity index (χ0v) is 16.7. The number of thioether (sulfide) groups is 1. The van der Waals surface area contributed by atoms with Gasteiger partial charge >= 0.3 is 0 Å². The molecule has 1 N–H and O–H groups in total. The van der Waals surface area contributed by atoms with Crippen molar-refractivity contribution in [1.29, 1.82) is 0 Å². The highest BCUT2D eigenvalue weighted by molar-refractivity contribution is 7.99. The summed E-state index contributed by atoms with van der Waals surface area (Å²) < 4.78 is 1.93. The van der Waals surface area contributed by atoms with Gasteiger partial charge in [0.15, 0.2) is 11.0 Å². The molecule has 4 aromatic rings. The first kappa shape index (κ1) is 19.5. The van der Waals surface area contributed by atoms with Crippen LogP contribution < -0.4 is 5.43 Å². The highest BCUT2D eigenvalue weighted by Crippen LogP contribution is 2.27. The maximum Gasteiger partial charge on any atom is 0.250 e. The van der Waals surface area contributed by atoms with Gasteiger partial charge in [0.25, 0.3) is 5.91 Å². The van der Waals surface area contributed by atoms with Gasteiger partial charge in [0.05, 0.1) is 12.0 Å². The van der Waals surface area contributed by atoms with Gasteiger partial charge in [-0.2, -0.15) is 5.10 Å². The van der Waals surface area contributed by atoms with Gasteiger partial charge in [-0.15, -0.1) is 10.2 Å². The molecule has 2 aromatic heterocycles.